The number of anilines is 1. The van der Waals surface area contributed by atoms with Crippen molar-refractivity contribution in [3.05, 3.63) is 66.2 Å². The minimum Gasteiger partial charge on any atom is -0.385 e. The second-order valence-electron chi connectivity index (χ2n) is 7.82. The second-order valence-corrected chi connectivity index (χ2v) is 7.82. The number of hydrogen-bond acceptors (Lipinski definition) is 3. The number of halogens is 1. The molecule has 1 heterocycles. The van der Waals surface area contributed by atoms with Crippen molar-refractivity contribution in [2.24, 2.45) is 4.99 Å². The van der Waals surface area contributed by atoms with E-state index in [0.717, 1.165) is 51.4 Å². The molecule has 0 amide bonds. The molecule has 2 unspecified atom stereocenters. The first kappa shape index (κ1) is 24.5. The maximum atomic E-state index is 4.41. The molecule has 1 aliphatic rings. The number of rotatable bonds is 8. The fraction of sp³-hybridized carbons (Fsp3) is 0.458. The molecule has 0 aliphatic carbocycles. The second kappa shape index (κ2) is 13.5. The van der Waals surface area contributed by atoms with Gasteiger partial charge < -0.3 is 16.0 Å². The van der Waals surface area contributed by atoms with Gasteiger partial charge in [-0.05, 0) is 43.9 Å². The maximum absolute atomic E-state index is 4.41. The summed E-state index contributed by atoms with van der Waals surface area (Å²) in [4.78, 5) is 6.99. The number of piperidine rings is 1. The molecule has 0 bridgehead atoms. The molecule has 0 radical (unpaired) electrons. The number of aliphatic imine (C=N–C) groups is 1. The zero-order chi connectivity index (χ0) is 20.3. The molecule has 0 saturated carbocycles. The summed E-state index contributed by atoms with van der Waals surface area (Å²) in [7, 11) is 1.85. The predicted octanol–water partition coefficient (Wildman–Crippen LogP) is 4.32. The molecule has 3 rings (SSSR count). The van der Waals surface area contributed by atoms with Gasteiger partial charge in [0.1, 0.15) is 0 Å². The van der Waals surface area contributed by atoms with E-state index in [4.69, 9.17) is 0 Å². The number of likely N-dealkylation sites (tertiary alicyclic amines) is 1. The van der Waals surface area contributed by atoms with E-state index in [1.807, 2.05) is 13.1 Å². The highest BCUT2D eigenvalue weighted by molar-refractivity contribution is 14.0. The zero-order valence-corrected chi connectivity index (χ0v) is 20.5. The van der Waals surface area contributed by atoms with E-state index in [1.165, 1.54) is 11.3 Å². The van der Waals surface area contributed by atoms with E-state index in [1.54, 1.807) is 0 Å². The molecule has 2 atom stereocenters. The molecule has 30 heavy (non-hydrogen) atoms. The van der Waals surface area contributed by atoms with Crippen LogP contribution in [0.5, 0.6) is 0 Å². The number of guanidine groups is 1. The smallest absolute Gasteiger partial charge is 0.191 e. The molecule has 2 aromatic rings. The Balaban J connectivity index is 0.00000320. The van der Waals surface area contributed by atoms with Gasteiger partial charge in [0.05, 0.1) is 0 Å². The lowest BCUT2D eigenvalue weighted by atomic mass is 9.97. The lowest BCUT2D eigenvalue weighted by molar-refractivity contribution is 0.134. The molecule has 2 aromatic carbocycles. The van der Waals surface area contributed by atoms with Crippen molar-refractivity contribution in [2.75, 3.05) is 32.0 Å². The van der Waals surface area contributed by atoms with Gasteiger partial charge in [-0.3, -0.25) is 9.89 Å². The molecule has 1 saturated heterocycles. The first-order valence-corrected chi connectivity index (χ1v) is 10.8. The molecule has 0 spiro atoms. The number of benzene rings is 2. The summed E-state index contributed by atoms with van der Waals surface area (Å²) in [5.74, 6) is 0.915. The Hall–Kier alpha value is -1.80. The zero-order valence-electron chi connectivity index (χ0n) is 18.2. The molecule has 0 aromatic heterocycles. The van der Waals surface area contributed by atoms with E-state index in [0.29, 0.717) is 12.1 Å². The lowest BCUT2D eigenvalue weighted by Gasteiger charge is -2.38. The van der Waals surface area contributed by atoms with Crippen molar-refractivity contribution in [2.45, 2.75) is 44.8 Å². The number of para-hydroxylation sites is 1. The van der Waals surface area contributed by atoms with Crippen LogP contribution >= 0.6 is 24.0 Å². The molecule has 1 fully saturated rings. The summed E-state index contributed by atoms with van der Waals surface area (Å²) in [5.41, 5.74) is 2.57. The fourth-order valence-corrected chi connectivity index (χ4v) is 3.88. The van der Waals surface area contributed by atoms with Crippen LogP contribution in [0.25, 0.3) is 0 Å². The molecular weight excluding hydrogens is 485 g/mol. The number of nitrogens with one attached hydrogen (secondary N) is 3. The van der Waals surface area contributed by atoms with Gasteiger partial charge in [-0.2, -0.15) is 0 Å². The lowest BCUT2D eigenvalue weighted by Crippen LogP contribution is -2.51. The topological polar surface area (TPSA) is 51.7 Å². The highest BCUT2D eigenvalue weighted by Crippen LogP contribution is 2.19. The minimum atomic E-state index is 0. The van der Waals surface area contributed by atoms with Crippen molar-refractivity contribution in [1.29, 1.82) is 0 Å². The van der Waals surface area contributed by atoms with Crippen LogP contribution in [0.4, 0.5) is 5.69 Å². The van der Waals surface area contributed by atoms with Crippen LogP contribution in [0.2, 0.25) is 0 Å². The van der Waals surface area contributed by atoms with Crippen molar-refractivity contribution >= 4 is 35.6 Å². The van der Waals surface area contributed by atoms with Gasteiger partial charge in [0.15, 0.2) is 5.96 Å². The Kier molecular flexibility index (Phi) is 11.0. The molecule has 5 nitrogen and oxygen atoms in total. The molecule has 1 aliphatic heterocycles. The largest absolute Gasteiger partial charge is 0.385 e. The first-order valence-electron chi connectivity index (χ1n) is 10.8. The van der Waals surface area contributed by atoms with E-state index in [-0.39, 0.29) is 24.0 Å². The fourth-order valence-electron chi connectivity index (χ4n) is 3.88. The van der Waals surface area contributed by atoms with Crippen LogP contribution in [0.15, 0.2) is 65.7 Å². The molecule has 3 N–H and O–H groups in total. The summed E-state index contributed by atoms with van der Waals surface area (Å²) in [5, 5.41) is 10.5. The van der Waals surface area contributed by atoms with Crippen molar-refractivity contribution in [1.82, 2.24) is 15.5 Å². The summed E-state index contributed by atoms with van der Waals surface area (Å²) >= 11 is 0. The van der Waals surface area contributed by atoms with E-state index in [9.17, 15) is 0 Å². The van der Waals surface area contributed by atoms with Crippen LogP contribution in [0.1, 0.15) is 31.7 Å². The van der Waals surface area contributed by atoms with Crippen molar-refractivity contribution in [3.8, 4) is 0 Å². The van der Waals surface area contributed by atoms with Gasteiger partial charge in [-0.25, -0.2) is 0 Å². The van der Waals surface area contributed by atoms with Gasteiger partial charge in [-0.1, -0.05) is 48.5 Å². The van der Waals surface area contributed by atoms with E-state index in [2.05, 4.69) is 87.4 Å². The summed E-state index contributed by atoms with van der Waals surface area (Å²) < 4.78 is 0. The van der Waals surface area contributed by atoms with Gasteiger partial charge in [0, 0.05) is 51.0 Å². The average molecular weight is 521 g/mol. The first-order chi connectivity index (χ1) is 14.2. The van der Waals surface area contributed by atoms with Crippen LogP contribution in [0, 0.1) is 0 Å². The highest BCUT2D eigenvalue weighted by atomic mass is 127. The summed E-state index contributed by atoms with van der Waals surface area (Å²) in [6.07, 6.45) is 3.33. The predicted molar refractivity (Wildman–Crippen MR) is 139 cm³/mol. The molecular formula is C24H36IN5. The third-order valence-corrected chi connectivity index (χ3v) is 5.56. The Morgan fingerprint density at radius 3 is 2.40 bits per heavy atom. The maximum Gasteiger partial charge on any atom is 0.191 e. The van der Waals surface area contributed by atoms with Crippen molar-refractivity contribution in [3.63, 3.8) is 0 Å². The number of hydrogen-bond donors (Lipinski definition) is 3. The highest BCUT2D eigenvalue weighted by Gasteiger charge is 2.25. The molecule has 164 valence electrons. The SMILES string of the molecule is CN=C(NCCCNc1ccccc1)NC1CCN(Cc2ccccc2)C(C)C1.I. The monoisotopic (exact) mass is 521 g/mol. The van der Waals surface area contributed by atoms with E-state index < -0.39 is 0 Å². The number of nitrogens with zero attached hydrogens (tertiary/aromatic N) is 2. The summed E-state index contributed by atoms with van der Waals surface area (Å²) in [6.45, 7) is 6.34. The summed E-state index contributed by atoms with van der Waals surface area (Å²) in [6, 6.07) is 22.1. The van der Waals surface area contributed by atoms with Gasteiger partial charge >= 0.3 is 0 Å². The quantitative estimate of drug-likeness (QED) is 0.210. The normalized spacial score (nSPS) is 19.6. The van der Waals surface area contributed by atoms with Crippen LogP contribution < -0.4 is 16.0 Å². The third kappa shape index (κ3) is 8.14. The van der Waals surface area contributed by atoms with Crippen LogP contribution in [-0.4, -0.2) is 49.6 Å². The minimum absolute atomic E-state index is 0. The van der Waals surface area contributed by atoms with Crippen molar-refractivity contribution < 1.29 is 0 Å². The molecule has 6 heteroatoms. The van der Waals surface area contributed by atoms with Gasteiger partial charge in [0.2, 0.25) is 0 Å². The average Bonchev–Trinajstić information content (AvgIpc) is 2.76. The standard InChI is InChI=1S/C24H35N5.HI/c1-20-18-23(14-17-29(20)19-21-10-5-3-6-11-21)28-24(25-2)27-16-9-15-26-22-12-7-4-8-13-22;/h3-8,10-13,20,23,26H,9,14-19H2,1-2H3,(H2,25,27,28);1H. The third-order valence-electron chi connectivity index (χ3n) is 5.56. The Morgan fingerprint density at radius 2 is 1.73 bits per heavy atom. The van der Waals surface area contributed by atoms with E-state index >= 15 is 0 Å². The Labute approximate surface area is 198 Å². The Bertz CT molecular complexity index is 738. The van der Waals surface area contributed by atoms with Crippen LogP contribution in [-0.2, 0) is 6.54 Å². The van der Waals surface area contributed by atoms with Crippen LogP contribution in [0.3, 0.4) is 0 Å². The Morgan fingerprint density at radius 1 is 1.03 bits per heavy atom. The van der Waals surface area contributed by atoms with Gasteiger partial charge in [0.25, 0.3) is 0 Å². The van der Waals surface area contributed by atoms with Gasteiger partial charge in [-0.15, -0.1) is 24.0 Å².